The fourth-order valence-electron chi connectivity index (χ4n) is 3.99. The van der Waals surface area contributed by atoms with Gasteiger partial charge < -0.3 is 19.9 Å². The second kappa shape index (κ2) is 10.6. The van der Waals surface area contributed by atoms with Crippen molar-refractivity contribution in [1.82, 2.24) is 5.32 Å². The minimum atomic E-state index is -1.02. The molecule has 0 spiro atoms. The van der Waals surface area contributed by atoms with E-state index in [1.54, 1.807) is 25.3 Å². The molecule has 0 fully saturated rings. The molecule has 4 aromatic rings. The van der Waals surface area contributed by atoms with Crippen molar-refractivity contribution in [3.8, 4) is 22.6 Å². The van der Waals surface area contributed by atoms with Crippen molar-refractivity contribution in [2.24, 2.45) is 0 Å². The number of carboxylic acids is 1. The van der Waals surface area contributed by atoms with Gasteiger partial charge in [-0.1, -0.05) is 60.1 Å². The van der Waals surface area contributed by atoms with Crippen LogP contribution in [-0.2, 0) is 0 Å². The smallest absolute Gasteiger partial charge is 0.335 e. The van der Waals surface area contributed by atoms with Crippen molar-refractivity contribution in [2.75, 3.05) is 20.3 Å². The average molecular weight is 476 g/mol. The number of hydrogen-bond acceptors (Lipinski definition) is 4. The van der Waals surface area contributed by atoms with Crippen LogP contribution in [0.5, 0.6) is 11.5 Å². The van der Waals surface area contributed by atoms with E-state index in [4.69, 9.17) is 21.1 Å². The van der Waals surface area contributed by atoms with E-state index in [1.807, 2.05) is 24.3 Å². The molecule has 1 atom stereocenters. The zero-order chi connectivity index (χ0) is 24.1. The maximum absolute atomic E-state index is 11.7. The molecule has 0 heterocycles. The molecule has 0 aliphatic rings. The van der Waals surface area contributed by atoms with E-state index >= 15 is 0 Å². The molecule has 0 saturated heterocycles. The molecule has 0 amide bonds. The Bertz CT molecular complexity index is 1320. The molecule has 0 bridgehead atoms. The molecule has 0 aliphatic carbocycles. The Hall–Kier alpha value is -3.54. The predicted octanol–water partition coefficient (Wildman–Crippen LogP) is 6.60. The molecule has 5 nitrogen and oxygen atoms in total. The van der Waals surface area contributed by atoms with E-state index in [-0.39, 0.29) is 11.6 Å². The van der Waals surface area contributed by atoms with Crippen LogP contribution in [0.3, 0.4) is 0 Å². The molecule has 0 radical (unpaired) electrons. The van der Waals surface area contributed by atoms with Crippen LogP contribution < -0.4 is 14.8 Å². The molecular weight excluding hydrogens is 450 g/mol. The fraction of sp³-hybridized carbons (Fsp3) is 0.179. The number of halogens is 1. The number of methoxy groups -OCH3 is 1. The third kappa shape index (κ3) is 5.33. The normalized spacial score (nSPS) is 11.9. The summed E-state index contributed by atoms with van der Waals surface area (Å²) in [5.74, 6) is -0.00671. The summed E-state index contributed by atoms with van der Waals surface area (Å²) in [7, 11) is 1.54. The van der Waals surface area contributed by atoms with Gasteiger partial charge in [-0.25, -0.2) is 4.79 Å². The van der Waals surface area contributed by atoms with Crippen molar-refractivity contribution in [2.45, 2.75) is 13.0 Å². The Balaban J connectivity index is 1.46. The van der Waals surface area contributed by atoms with Gasteiger partial charge in [0.1, 0.15) is 18.1 Å². The standard InChI is InChI=1S/C28H26ClNO4/c1-18(24-9-5-7-19-6-3-4-8-25(19)24)30-12-13-34-23-15-21(14-22(16-23)28(31)32)20-10-11-26(29)27(17-20)33-2/h3-11,14-18,30H,12-13H2,1-2H3,(H,31,32). The van der Waals surface area contributed by atoms with Gasteiger partial charge in [0, 0.05) is 12.6 Å². The van der Waals surface area contributed by atoms with Crippen molar-refractivity contribution >= 4 is 28.3 Å². The Kier molecular flexibility index (Phi) is 7.36. The first-order valence-electron chi connectivity index (χ1n) is 11.0. The first-order valence-corrected chi connectivity index (χ1v) is 11.4. The highest BCUT2D eigenvalue weighted by Gasteiger charge is 2.12. The average Bonchev–Trinajstić information content (AvgIpc) is 2.86. The van der Waals surface area contributed by atoms with Gasteiger partial charge in [-0.2, -0.15) is 0 Å². The molecule has 0 aromatic heterocycles. The molecule has 0 saturated carbocycles. The number of benzene rings is 4. The second-order valence-electron chi connectivity index (χ2n) is 7.99. The summed E-state index contributed by atoms with van der Waals surface area (Å²) in [5, 5.41) is 16.0. The Morgan fingerprint density at radius 2 is 1.79 bits per heavy atom. The largest absolute Gasteiger partial charge is 0.495 e. The summed E-state index contributed by atoms with van der Waals surface area (Å²) >= 11 is 6.13. The van der Waals surface area contributed by atoms with Gasteiger partial charge in [0.15, 0.2) is 0 Å². The fourth-order valence-corrected chi connectivity index (χ4v) is 4.19. The number of hydrogen-bond donors (Lipinski definition) is 2. The van der Waals surface area contributed by atoms with Crippen LogP contribution in [-0.4, -0.2) is 31.3 Å². The summed E-state index contributed by atoms with van der Waals surface area (Å²) in [6.07, 6.45) is 0. The van der Waals surface area contributed by atoms with Crippen LogP contribution in [0.2, 0.25) is 5.02 Å². The number of aromatic carboxylic acids is 1. The van der Waals surface area contributed by atoms with Crippen molar-refractivity contribution < 1.29 is 19.4 Å². The molecule has 4 aromatic carbocycles. The highest BCUT2D eigenvalue weighted by Crippen LogP contribution is 2.33. The Morgan fingerprint density at radius 1 is 1.00 bits per heavy atom. The number of fused-ring (bicyclic) bond motifs is 1. The minimum Gasteiger partial charge on any atom is -0.495 e. The molecule has 174 valence electrons. The summed E-state index contributed by atoms with van der Waals surface area (Å²) in [4.78, 5) is 11.7. The number of carbonyl (C=O) groups is 1. The summed E-state index contributed by atoms with van der Waals surface area (Å²) < 4.78 is 11.2. The second-order valence-corrected chi connectivity index (χ2v) is 8.40. The Labute approximate surface area is 203 Å². The van der Waals surface area contributed by atoms with E-state index in [2.05, 4.69) is 42.6 Å². The van der Waals surface area contributed by atoms with E-state index < -0.39 is 5.97 Å². The molecule has 1 unspecified atom stereocenters. The van der Waals surface area contributed by atoms with E-state index in [0.717, 1.165) is 5.56 Å². The minimum absolute atomic E-state index is 0.136. The highest BCUT2D eigenvalue weighted by molar-refractivity contribution is 6.32. The molecule has 4 rings (SSSR count). The van der Waals surface area contributed by atoms with Gasteiger partial charge in [-0.15, -0.1) is 0 Å². The molecular formula is C28H26ClNO4. The van der Waals surface area contributed by atoms with Crippen molar-refractivity contribution in [3.05, 3.63) is 95.0 Å². The topological polar surface area (TPSA) is 67.8 Å². The number of rotatable bonds is 9. The monoisotopic (exact) mass is 475 g/mol. The summed E-state index contributed by atoms with van der Waals surface area (Å²) in [5.41, 5.74) is 2.88. The Morgan fingerprint density at radius 3 is 2.59 bits per heavy atom. The van der Waals surface area contributed by atoms with E-state index in [0.29, 0.717) is 35.2 Å². The first kappa shape index (κ1) is 23.6. The molecule has 0 aliphatic heterocycles. The number of nitrogens with one attached hydrogen (secondary N) is 1. The maximum Gasteiger partial charge on any atom is 0.335 e. The van der Waals surface area contributed by atoms with Gasteiger partial charge in [0.2, 0.25) is 0 Å². The number of carboxylic acid groups (broad SMARTS) is 1. The van der Waals surface area contributed by atoms with Crippen LogP contribution in [0.1, 0.15) is 28.9 Å². The quantitative estimate of drug-likeness (QED) is 0.267. The van der Waals surface area contributed by atoms with Gasteiger partial charge >= 0.3 is 5.97 Å². The predicted molar refractivity (Wildman–Crippen MR) is 136 cm³/mol. The first-order chi connectivity index (χ1) is 16.5. The van der Waals surface area contributed by atoms with Gasteiger partial charge in [-0.05, 0) is 64.7 Å². The maximum atomic E-state index is 11.7. The van der Waals surface area contributed by atoms with Crippen LogP contribution in [0, 0.1) is 0 Å². The lowest BCUT2D eigenvalue weighted by molar-refractivity contribution is 0.0696. The molecule has 6 heteroatoms. The third-order valence-electron chi connectivity index (χ3n) is 5.75. The summed E-state index contributed by atoms with van der Waals surface area (Å²) in [6, 6.07) is 25.1. The van der Waals surface area contributed by atoms with Crippen molar-refractivity contribution in [3.63, 3.8) is 0 Å². The van der Waals surface area contributed by atoms with Crippen LogP contribution in [0.4, 0.5) is 0 Å². The lowest BCUT2D eigenvalue weighted by atomic mass is 10.00. The molecule has 2 N–H and O–H groups in total. The van der Waals surface area contributed by atoms with Gasteiger partial charge in [0.05, 0.1) is 17.7 Å². The summed E-state index contributed by atoms with van der Waals surface area (Å²) in [6.45, 7) is 3.12. The lowest BCUT2D eigenvalue weighted by Gasteiger charge is -2.17. The lowest BCUT2D eigenvalue weighted by Crippen LogP contribution is -2.24. The van der Waals surface area contributed by atoms with E-state index in [1.165, 1.54) is 22.4 Å². The van der Waals surface area contributed by atoms with Crippen LogP contribution in [0.15, 0.2) is 78.9 Å². The van der Waals surface area contributed by atoms with Crippen LogP contribution >= 0.6 is 11.6 Å². The SMILES string of the molecule is COc1cc(-c2cc(OCCNC(C)c3cccc4ccccc34)cc(C(=O)O)c2)ccc1Cl. The van der Waals surface area contributed by atoms with Crippen molar-refractivity contribution in [1.29, 1.82) is 0 Å². The van der Waals surface area contributed by atoms with Gasteiger partial charge in [0.25, 0.3) is 0 Å². The van der Waals surface area contributed by atoms with Gasteiger partial charge in [-0.3, -0.25) is 0 Å². The zero-order valence-electron chi connectivity index (χ0n) is 19.0. The highest BCUT2D eigenvalue weighted by atomic mass is 35.5. The zero-order valence-corrected chi connectivity index (χ0v) is 19.8. The number of ether oxygens (including phenoxy) is 2. The van der Waals surface area contributed by atoms with E-state index in [9.17, 15) is 9.90 Å². The third-order valence-corrected chi connectivity index (χ3v) is 6.06. The molecule has 34 heavy (non-hydrogen) atoms. The van der Waals surface area contributed by atoms with Crippen LogP contribution in [0.25, 0.3) is 21.9 Å².